The summed E-state index contributed by atoms with van der Waals surface area (Å²) < 4.78 is 0. The minimum absolute atomic E-state index is 0.132. The van der Waals surface area contributed by atoms with Gasteiger partial charge in [0.2, 0.25) is 5.91 Å². The highest BCUT2D eigenvalue weighted by Crippen LogP contribution is 2.32. The van der Waals surface area contributed by atoms with Crippen molar-refractivity contribution in [3.8, 4) is 0 Å². The number of carbonyl (C=O) groups excluding carboxylic acids is 1. The highest BCUT2D eigenvalue weighted by molar-refractivity contribution is 6.32. The second-order valence-corrected chi connectivity index (χ2v) is 3.44. The molecule has 1 heterocycles. The van der Waals surface area contributed by atoms with Crippen LogP contribution in [-0.4, -0.2) is 11.0 Å². The molecule has 0 aliphatic carbocycles. The van der Waals surface area contributed by atoms with Crippen LogP contribution in [0, 0.1) is 0 Å². The lowest BCUT2D eigenvalue weighted by Crippen LogP contribution is -2.07. The van der Waals surface area contributed by atoms with Crippen molar-refractivity contribution in [1.82, 2.24) is 0 Å². The first-order valence-electron chi connectivity index (χ1n) is 4.13. The standard InChI is InChI=1S/C10H8ClNO2/c11-7-5-9(13)12-8-4-2-1-3-6(8)10(7)14/h1-5,10,14H,(H,12,13). The summed E-state index contributed by atoms with van der Waals surface area (Å²) in [5, 5.41) is 12.5. The van der Waals surface area contributed by atoms with Crippen molar-refractivity contribution >= 4 is 23.2 Å². The summed E-state index contributed by atoms with van der Waals surface area (Å²) in [6.45, 7) is 0. The van der Waals surface area contributed by atoms with Crippen LogP contribution in [0.15, 0.2) is 35.4 Å². The second-order valence-electron chi connectivity index (χ2n) is 3.01. The molecule has 0 radical (unpaired) electrons. The van der Waals surface area contributed by atoms with Crippen molar-refractivity contribution in [2.24, 2.45) is 0 Å². The number of carbonyl (C=O) groups is 1. The van der Waals surface area contributed by atoms with Gasteiger partial charge in [-0.3, -0.25) is 4.79 Å². The number of hydrogen-bond donors (Lipinski definition) is 2. The number of fused-ring (bicyclic) bond motifs is 1. The number of aliphatic hydroxyl groups is 1. The normalized spacial score (nSPS) is 20.6. The maximum atomic E-state index is 11.2. The van der Waals surface area contributed by atoms with Crippen LogP contribution in [0.5, 0.6) is 0 Å². The molecule has 2 N–H and O–H groups in total. The number of hydrogen-bond acceptors (Lipinski definition) is 2. The van der Waals surface area contributed by atoms with Crippen LogP contribution in [0.4, 0.5) is 5.69 Å². The molecule has 1 aromatic rings. The molecule has 1 aliphatic rings. The van der Waals surface area contributed by atoms with E-state index in [4.69, 9.17) is 11.6 Å². The van der Waals surface area contributed by atoms with Gasteiger partial charge in [0.15, 0.2) is 0 Å². The zero-order valence-corrected chi connectivity index (χ0v) is 7.95. The van der Waals surface area contributed by atoms with E-state index in [9.17, 15) is 9.90 Å². The molecule has 1 aliphatic heterocycles. The smallest absolute Gasteiger partial charge is 0.249 e. The van der Waals surface area contributed by atoms with Gasteiger partial charge in [-0.1, -0.05) is 29.8 Å². The van der Waals surface area contributed by atoms with Gasteiger partial charge in [0.05, 0.1) is 5.03 Å². The molecule has 0 saturated heterocycles. The fourth-order valence-electron chi connectivity index (χ4n) is 1.37. The van der Waals surface area contributed by atoms with E-state index >= 15 is 0 Å². The third-order valence-electron chi connectivity index (χ3n) is 2.04. The first-order chi connectivity index (χ1) is 6.68. The van der Waals surface area contributed by atoms with E-state index in [0.717, 1.165) is 0 Å². The van der Waals surface area contributed by atoms with Gasteiger partial charge in [-0.25, -0.2) is 0 Å². The van der Waals surface area contributed by atoms with Crippen molar-refractivity contribution in [1.29, 1.82) is 0 Å². The first-order valence-corrected chi connectivity index (χ1v) is 4.51. The molecular weight excluding hydrogens is 202 g/mol. The lowest BCUT2D eigenvalue weighted by molar-refractivity contribution is -0.111. The summed E-state index contributed by atoms with van der Waals surface area (Å²) in [7, 11) is 0. The highest BCUT2D eigenvalue weighted by atomic mass is 35.5. The summed E-state index contributed by atoms with van der Waals surface area (Å²) in [6, 6.07) is 7.01. The average molecular weight is 210 g/mol. The molecule has 3 nitrogen and oxygen atoms in total. The van der Waals surface area contributed by atoms with Gasteiger partial charge in [0.25, 0.3) is 0 Å². The van der Waals surface area contributed by atoms with Crippen molar-refractivity contribution in [2.75, 3.05) is 5.32 Å². The van der Waals surface area contributed by atoms with Gasteiger partial charge in [-0.05, 0) is 6.07 Å². The summed E-state index contributed by atoms with van der Waals surface area (Å²) in [5.41, 5.74) is 1.21. The van der Waals surface area contributed by atoms with Gasteiger partial charge in [0, 0.05) is 17.3 Å². The molecule has 1 unspecified atom stereocenters. The number of rotatable bonds is 0. The zero-order chi connectivity index (χ0) is 10.1. The van der Waals surface area contributed by atoms with Gasteiger partial charge < -0.3 is 10.4 Å². The molecule has 1 aromatic carbocycles. The van der Waals surface area contributed by atoms with E-state index in [2.05, 4.69) is 5.32 Å². The summed E-state index contributed by atoms with van der Waals surface area (Å²) in [4.78, 5) is 11.2. The number of halogens is 1. The highest BCUT2D eigenvalue weighted by Gasteiger charge is 2.20. The van der Waals surface area contributed by atoms with Crippen molar-refractivity contribution in [2.45, 2.75) is 6.10 Å². The Hall–Kier alpha value is -1.32. The van der Waals surface area contributed by atoms with Crippen LogP contribution >= 0.6 is 11.6 Å². The molecular formula is C10H8ClNO2. The molecule has 0 bridgehead atoms. The molecule has 0 fully saturated rings. The largest absolute Gasteiger partial charge is 0.383 e. The van der Waals surface area contributed by atoms with E-state index in [1.165, 1.54) is 6.08 Å². The minimum atomic E-state index is -0.924. The fourth-order valence-corrected chi connectivity index (χ4v) is 1.59. The third kappa shape index (κ3) is 1.52. The van der Waals surface area contributed by atoms with Crippen LogP contribution < -0.4 is 5.32 Å². The topological polar surface area (TPSA) is 49.3 Å². The number of amides is 1. The molecule has 1 amide bonds. The third-order valence-corrected chi connectivity index (χ3v) is 2.36. The maximum absolute atomic E-state index is 11.2. The van der Waals surface area contributed by atoms with Crippen molar-refractivity contribution < 1.29 is 9.90 Å². The Balaban J connectivity index is 2.55. The van der Waals surface area contributed by atoms with E-state index in [1.807, 2.05) is 0 Å². The Labute approximate surface area is 86.0 Å². The molecule has 0 aromatic heterocycles. The maximum Gasteiger partial charge on any atom is 0.249 e. The number of benzene rings is 1. The second kappa shape index (κ2) is 3.44. The molecule has 0 spiro atoms. The molecule has 2 rings (SSSR count). The number of nitrogens with one attached hydrogen (secondary N) is 1. The monoisotopic (exact) mass is 209 g/mol. The van der Waals surface area contributed by atoms with Crippen LogP contribution in [-0.2, 0) is 4.79 Å². The van der Waals surface area contributed by atoms with Crippen molar-refractivity contribution in [3.05, 3.63) is 40.9 Å². The van der Waals surface area contributed by atoms with Crippen LogP contribution in [0.2, 0.25) is 0 Å². The van der Waals surface area contributed by atoms with Crippen LogP contribution in [0.3, 0.4) is 0 Å². The van der Waals surface area contributed by atoms with Crippen LogP contribution in [0.1, 0.15) is 11.7 Å². The molecule has 72 valence electrons. The van der Waals surface area contributed by atoms with E-state index in [-0.39, 0.29) is 10.9 Å². The number of anilines is 1. The van der Waals surface area contributed by atoms with Gasteiger partial charge in [0.1, 0.15) is 6.10 Å². The average Bonchev–Trinajstić information content (AvgIpc) is 2.26. The zero-order valence-electron chi connectivity index (χ0n) is 7.20. The summed E-state index contributed by atoms with van der Waals surface area (Å²) in [6.07, 6.45) is 0.262. The van der Waals surface area contributed by atoms with E-state index < -0.39 is 6.10 Å². The lowest BCUT2D eigenvalue weighted by atomic mass is 10.1. The Kier molecular flexibility index (Phi) is 2.27. The fraction of sp³-hybridized carbons (Fsp3) is 0.100. The Morgan fingerprint density at radius 2 is 2.07 bits per heavy atom. The van der Waals surface area contributed by atoms with E-state index in [0.29, 0.717) is 11.3 Å². The van der Waals surface area contributed by atoms with Crippen molar-refractivity contribution in [3.63, 3.8) is 0 Å². The first kappa shape index (κ1) is 9.24. The summed E-state index contributed by atoms with van der Waals surface area (Å²) in [5.74, 6) is -0.320. The van der Waals surface area contributed by atoms with Gasteiger partial charge in [-0.15, -0.1) is 0 Å². The molecule has 1 atom stereocenters. The Bertz CT molecular complexity index is 414. The van der Waals surface area contributed by atoms with E-state index in [1.54, 1.807) is 24.3 Å². The molecule has 0 saturated carbocycles. The predicted molar refractivity (Wildman–Crippen MR) is 54.0 cm³/mol. The van der Waals surface area contributed by atoms with Gasteiger partial charge in [-0.2, -0.15) is 0 Å². The SMILES string of the molecule is O=C1C=C(Cl)C(O)c2ccccc2N1. The van der Waals surface area contributed by atoms with Gasteiger partial charge >= 0.3 is 0 Å². The Morgan fingerprint density at radius 1 is 1.36 bits per heavy atom. The molecule has 14 heavy (non-hydrogen) atoms. The summed E-state index contributed by atoms with van der Waals surface area (Å²) >= 11 is 5.74. The van der Waals surface area contributed by atoms with Crippen LogP contribution in [0.25, 0.3) is 0 Å². The molecule has 4 heteroatoms. The lowest BCUT2D eigenvalue weighted by Gasteiger charge is -2.10. The quantitative estimate of drug-likeness (QED) is 0.685. The number of para-hydroxylation sites is 1. The Morgan fingerprint density at radius 3 is 2.86 bits per heavy atom. The number of aliphatic hydroxyl groups excluding tert-OH is 1. The predicted octanol–water partition coefficient (Wildman–Crippen LogP) is 1.79. The minimum Gasteiger partial charge on any atom is -0.383 e.